The van der Waals surface area contributed by atoms with E-state index in [2.05, 4.69) is 10.3 Å². The van der Waals surface area contributed by atoms with Crippen molar-refractivity contribution in [3.8, 4) is 0 Å². The van der Waals surface area contributed by atoms with Crippen LogP contribution in [0.4, 0.5) is 0 Å². The van der Waals surface area contributed by atoms with Crippen LogP contribution in [0.1, 0.15) is 21.5 Å². The maximum Gasteiger partial charge on any atom is 0.417 e. The van der Waals surface area contributed by atoms with E-state index < -0.39 is 5.76 Å². The third kappa shape index (κ3) is 3.09. The van der Waals surface area contributed by atoms with E-state index in [1.165, 1.54) is 0 Å². The molecule has 1 aromatic heterocycles. The number of aryl methyl sites for hydroxylation is 1. The fraction of sp³-hybridized carbons (Fsp3) is 0.176. The van der Waals surface area contributed by atoms with Gasteiger partial charge in [0, 0.05) is 12.1 Å². The zero-order valence-corrected chi connectivity index (χ0v) is 12.2. The van der Waals surface area contributed by atoms with E-state index in [0.29, 0.717) is 29.6 Å². The van der Waals surface area contributed by atoms with E-state index in [0.717, 1.165) is 11.1 Å². The average Bonchev–Trinajstić information content (AvgIpc) is 2.87. The fourth-order valence-corrected chi connectivity index (χ4v) is 2.27. The van der Waals surface area contributed by atoms with E-state index in [9.17, 15) is 9.59 Å². The first-order valence-corrected chi connectivity index (χ1v) is 7.08. The summed E-state index contributed by atoms with van der Waals surface area (Å²) < 4.78 is 5.02. The first kappa shape index (κ1) is 14.1. The molecule has 0 unspecified atom stereocenters. The molecule has 112 valence electrons. The summed E-state index contributed by atoms with van der Waals surface area (Å²) in [6.45, 7) is 2.50. The number of benzene rings is 2. The largest absolute Gasteiger partial charge is 0.417 e. The van der Waals surface area contributed by atoms with Gasteiger partial charge in [-0.1, -0.05) is 23.8 Å². The van der Waals surface area contributed by atoms with E-state index in [-0.39, 0.29) is 5.91 Å². The third-order valence-corrected chi connectivity index (χ3v) is 3.50. The number of aromatic nitrogens is 1. The summed E-state index contributed by atoms with van der Waals surface area (Å²) in [5, 5.41) is 2.88. The molecule has 3 rings (SSSR count). The maximum atomic E-state index is 12.0. The average molecular weight is 296 g/mol. The van der Waals surface area contributed by atoms with Crippen LogP contribution in [-0.4, -0.2) is 17.4 Å². The molecule has 1 heterocycles. The monoisotopic (exact) mass is 296 g/mol. The zero-order valence-electron chi connectivity index (χ0n) is 12.2. The second-order valence-electron chi connectivity index (χ2n) is 5.22. The lowest BCUT2D eigenvalue weighted by molar-refractivity contribution is 0.0954. The van der Waals surface area contributed by atoms with Crippen molar-refractivity contribution in [2.75, 3.05) is 6.54 Å². The van der Waals surface area contributed by atoms with Gasteiger partial charge in [0.1, 0.15) is 0 Å². The number of fused-ring (bicyclic) bond motifs is 1. The minimum absolute atomic E-state index is 0.0887. The van der Waals surface area contributed by atoms with Crippen LogP contribution in [0.3, 0.4) is 0 Å². The van der Waals surface area contributed by atoms with Crippen molar-refractivity contribution in [1.29, 1.82) is 0 Å². The molecule has 0 bridgehead atoms. The smallest absolute Gasteiger partial charge is 0.408 e. The highest BCUT2D eigenvalue weighted by molar-refractivity contribution is 5.94. The Morgan fingerprint density at radius 1 is 1.18 bits per heavy atom. The highest BCUT2D eigenvalue weighted by Gasteiger charge is 2.05. The van der Waals surface area contributed by atoms with E-state index in [1.807, 2.05) is 43.3 Å². The van der Waals surface area contributed by atoms with Gasteiger partial charge in [0.05, 0.1) is 5.52 Å². The lowest BCUT2D eigenvalue weighted by atomic mass is 10.1. The van der Waals surface area contributed by atoms with Crippen molar-refractivity contribution < 1.29 is 9.21 Å². The zero-order chi connectivity index (χ0) is 15.5. The van der Waals surface area contributed by atoms with Gasteiger partial charge in [-0.3, -0.25) is 9.78 Å². The summed E-state index contributed by atoms with van der Waals surface area (Å²) in [4.78, 5) is 25.7. The molecule has 2 aromatic carbocycles. The lowest BCUT2D eigenvalue weighted by Gasteiger charge is -2.05. The van der Waals surface area contributed by atoms with Gasteiger partial charge in [-0.15, -0.1) is 0 Å². The van der Waals surface area contributed by atoms with Crippen LogP contribution < -0.4 is 11.1 Å². The Bertz CT molecular complexity index is 859. The summed E-state index contributed by atoms with van der Waals surface area (Å²) in [5.41, 5.74) is 3.99. The number of carbonyl (C=O) groups excluding carboxylic acids is 1. The van der Waals surface area contributed by atoms with Crippen LogP contribution in [0.5, 0.6) is 0 Å². The molecule has 5 heteroatoms. The molecule has 0 radical (unpaired) electrons. The fourth-order valence-electron chi connectivity index (χ4n) is 2.27. The second-order valence-corrected chi connectivity index (χ2v) is 5.22. The molecule has 22 heavy (non-hydrogen) atoms. The standard InChI is InChI=1S/C17H16N2O3/c1-11-2-5-13(6-3-11)16(20)18-9-8-12-4-7-14-15(10-12)22-17(21)19-14/h2-7,10H,8-9H2,1H3,(H,18,20)(H,19,21). The molecule has 0 aliphatic carbocycles. The molecule has 0 saturated carbocycles. The Kier molecular flexibility index (Phi) is 3.78. The first-order chi connectivity index (χ1) is 10.6. The SMILES string of the molecule is Cc1ccc(C(=O)NCCc2ccc3[nH]c(=O)oc3c2)cc1. The molecule has 0 aliphatic rings. The molecule has 0 aliphatic heterocycles. The molecule has 5 nitrogen and oxygen atoms in total. The van der Waals surface area contributed by atoms with Crippen LogP contribution in [0.25, 0.3) is 11.1 Å². The summed E-state index contributed by atoms with van der Waals surface area (Å²) in [5.74, 6) is -0.547. The number of hydrogen-bond acceptors (Lipinski definition) is 3. The predicted octanol–water partition coefficient (Wildman–Crippen LogP) is 2.40. The highest BCUT2D eigenvalue weighted by atomic mass is 16.4. The minimum Gasteiger partial charge on any atom is -0.408 e. The Hall–Kier alpha value is -2.82. The van der Waals surface area contributed by atoms with E-state index in [1.54, 1.807) is 6.07 Å². The number of H-pyrrole nitrogens is 1. The van der Waals surface area contributed by atoms with E-state index >= 15 is 0 Å². The normalized spacial score (nSPS) is 10.8. The molecule has 0 atom stereocenters. The number of rotatable bonds is 4. The summed E-state index contributed by atoms with van der Waals surface area (Å²) in [6, 6.07) is 13.0. The summed E-state index contributed by atoms with van der Waals surface area (Å²) in [6.07, 6.45) is 0.669. The summed E-state index contributed by atoms with van der Waals surface area (Å²) in [7, 11) is 0. The van der Waals surface area contributed by atoms with Crippen LogP contribution in [0, 0.1) is 6.92 Å². The van der Waals surface area contributed by atoms with Gasteiger partial charge in [0.15, 0.2) is 5.58 Å². The lowest BCUT2D eigenvalue weighted by Crippen LogP contribution is -2.25. The van der Waals surface area contributed by atoms with Crippen LogP contribution in [-0.2, 0) is 6.42 Å². The van der Waals surface area contributed by atoms with Gasteiger partial charge < -0.3 is 9.73 Å². The number of nitrogens with one attached hydrogen (secondary N) is 2. The van der Waals surface area contributed by atoms with Crippen molar-refractivity contribution in [3.05, 3.63) is 69.7 Å². The first-order valence-electron chi connectivity index (χ1n) is 7.08. The third-order valence-electron chi connectivity index (χ3n) is 3.50. The van der Waals surface area contributed by atoms with Crippen molar-refractivity contribution in [1.82, 2.24) is 10.3 Å². The van der Waals surface area contributed by atoms with Crippen molar-refractivity contribution in [2.45, 2.75) is 13.3 Å². The van der Waals surface area contributed by atoms with E-state index in [4.69, 9.17) is 4.42 Å². The number of carbonyl (C=O) groups is 1. The molecule has 0 fully saturated rings. The van der Waals surface area contributed by atoms with Crippen LogP contribution in [0.15, 0.2) is 51.7 Å². The maximum absolute atomic E-state index is 12.0. The Morgan fingerprint density at radius 2 is 1.95 bits per heavy atom. The molecule has 0 saturated heterocycles. The summed E-state index contributed by atoms with van der Waals surface area (Å²) >= 11 is 0. The van der Waals surface area contributed by atoms with Gasteiger partial charge in [-0.2, -0.15) is 0 Å². The Morgan fingerprint density at radius 3 is 2.73 bits per heavy atom. The number of oxazole rings is 1. The van der Waals surface area contributed by atoms with Crippen molar-refractivity contribution in [2.24, 2.45) is 0 Å². The Balaban J connectivity index is 1.60. The van der Waals surface area contributed by atoms with Crippen molar-refractivity contribution >= 4 is 17.0 Å². The molecular weight excluding hydrogens is 280 g/mol. The molecule has 1 amide bonds. The Labute approximate surface area is 127 Å². The van der Waals surface area contributed by atoms with Crippen molar-refractivity contribution in [3.63, 3.8) is 0 Å². The predicted molar refractivity (Wildman–Crippen MR) is 84.1 cm³/mol. The highest BCUT2D eigenvalue weighted by Crippen LogP contribution is 2.12. The van der Waals surface area contributed by atoms with Crippen LogP contribution >= 0.6 is 0 Å². The molecule has 0 spiro atoms. The number of aromatic amines is 1. The molecule has 2 N–H and O–H groups in total. The van der Waals surface area contributed by atoms with Gasteiger partial charge >= 0.3 is 5.76 Å². The van der Waals surface area contributed by atoms with Gasteiger partial charge in [-0.25, -0.2) is 4.79 Å². The van der Waals surface area contributed by atoms with Gasteiger partial charge in [0.25, 0.3) is 5.91 Å². The number of amides is 1. The molecule has 3 aromatic rings. The van der Waals surface area contributed by atoms with Crippen LogP contribution in [0.2, 0.25) is 0 Å². The minimum atomic E-state index is -0.458. The van der Waals surface area contributed by atoms with Gasteiger partial charge in [0.2, 0.25) is 0 Å². The number of hydrogen-bond donors (Lipinski definition) is 2. The topological polar surface area (TPSA) is 75.1 Å². The van der Waals surface area contributed by atoms with Gasteiger partial charge in [-0.05, 0) is 43.2 Å². The second kappa shape index (κ2) is 5.89. The molecular formula is C17H16N2O3. The quantitative estimate of drug-likeness (QED) is 0.776.